The smallest absolute Gasteiger partial charge is 0.255 e. The summed E-state index contributed by atoms with van der Waals surface area (Å²) in [6.45, 7) is 3.61. The van der Waals surface area contributed by atoms with Gasteiger partial charge in [-0.2, -0.15) is 4.98 Å². The van der Waals surface area contributed by atoms with Crippen molar-refractivity contribution in [1.82, 2.24) is 20.8 Å². The minimum Gasteiger partial charge on any atom is -0.485 e. The maximum Gasteiger partial charge on any atom is 0.255 e. The van der Waals surface area contributed by atoms with Crippen molar-refractivity contribution in [3.63, 3.8) is 0 Å². The van der Waals surface area contributed by atoms with Crippen LogP contribution >= 0.6 is 0 Å². The Kier molecular flexibility index (Phi) is 4.34. The van der Waals surface area contributed by atoms with Gasteiger partial charge in [-0.3, -0.25) is 4.79 Å². The maximum absolute atomic E-state index is 12.4. The summed E-state index contributed by atoms with van der Waals surface area (Å²) in [6.07, 6.45) is 0.941. The fraction of sp³-hybridized carbons (Fsp3) is 0.400. The normalized spacial score (nSPS) is 17.4. The van der Waals surface area contributed by atoms with Gasteiger partial charge in [-0.15, -0.1) is 0 Å². The summed E-state index contributed by atoms with van der Waals surface area (Å²) in [7, 11) is 0. The number of aromatic nitrogens is 2. The summed E-state index contributed by atoms with van der Waals surface area (Å²) < 4.78 is 10.6. The standard InChI is InChI=1S/C15H18N4O3/c1-10-17-14(19-22-10)9-21-13-5-3-2-4-12(13)15(20)18-11-6-7-16-8-11/h2-5,11,16H,6-9H2,1H3,(H,18,20)/t11-/m0/s1. The van der Waals surface area contributed by atoms with Crippen LogP contribution in [0, 0.1) is 6.92 Å². The van der Waals surface area contributed by atoms with Crippen LogP contribution in [-0.4, -0.2) is 35.2 Å². The molecule has 1 aliphatic rings. The summed E-state index contributed by atoms with van der Waals surface area (Å²) in [6, 6.07) is 7.31. The Bertz CT molecular complexity index is 650. The molecule has 0 unspecified atom stereocenters. The third kappa shape index (κ3) is 3.43. The van der Waals surface area contributed by atoms with E-state index in [1.54, 1.807) is 19.1 Å². The summed E-state index contributed by atoms with van der Waals surface area (Å²) in [5.74, 6) is 1.31. The van der Waals surface area contributed by atoms with Gasteiger partial charge in [0.2, 0.25) is 11.7 Å². The van der Waals surface area contributed by atoms with Gasteiger partial charge in [0.15, 0.2) is 6.61 Å². The molecule has 0 radical (unpaired) electrons. The number of para-hydroxylation sites is 1. The number of rotatable bonds is 5. The van der Waals surface area contributed by atoms with Crippen LogP contribution in [0.2, 0.25) is 0 Å². The SMILES string of the molecule is Cc1nc(COc2ccccc2C(=O)N[C@H]2CCNC2)no1. The molecule has 1 atom stereocenters. The highest BCUT2D eigenvalue weighted by atomic mass is 16.5. The van der Waals surface area contributed by atoms with E-state index >= 15 is 0 Å². The molecular formula is C15H18N4O3. The van der Waals surface area contributed by atoms with E-state index in [9.17, 15) is 4.79 Å². The van der Waals surface area contributed by atoms with Crippen LogP contribution in [0.1, 0.15) is 28.5 Å². The van der Waals surface area contributed by atoms with Crippen LogP contribution in [0.15, 0.2) is 28.8 Å². The molecular weight excluding hydrogens is 284 g/mol. The molecule has 7 heteroatoms. The van der Waals surface area contributed by atoms with Crippen molar-refractivity contribution in [3.05, 3.63) is 41.5 Å². The second-order valence-corrected chi connectivity index (χ2v) is 5.18. The lowest BCUT2D eigenvalue weighted by Gasteiger charge is -2.14. The Morgan fingerprint density at radius 3 is 3.09 bits per heavy atom. The van der Waals surface area contributed by atoms with Gasteiger partial charge in [0, 0.05) is 19.5 Å². The van der Waals surface area contributed by atoms with Gasteiger partial charge in [0.25, 0.3) is 5.91 Å². The summed E-state index contributed by atoms with van der Waals surface area (Å²) >= 11 is 0. The average molecular weight is 302 g/mol. The van der Waals surface area contributed by atoms with Gasteiger partial charge in [0.1, 0.15) is 5.75 Å². The summed E-state index contributed by atoms with van der Waals surface area (Å²) in [4.78, 5) is 16.4. The Labute approximate surface area is 128 Å². The molecule has 2 heterocycles. The minimum atomic E-state index is -0.131. The largest absolute Gasteiger partial charge is 0.485 e. The van der Waals surface area contributed by atoms with E-state index in [1.165, 1.54) is 0 Å². The first kappa shape index (κ1) is 14.5. The molecule has 0 aliphatic carbocycles. The quantitative estimate of drug-likeness (QED) is 0.858. The van der Waals surface area contributed by atoms with Crippen LogP contribution < -0.4 is 15.4 Å². The molecule has 1 aromatic carbocycles. The van der Waals surface area contributed by atoms with Crippen LogP contribution in [0.3, 0.4) is 0 Å². The Morgan fingerprint density at radius 2 is 2.36 bits per heavy atom. The van der Waals surface area contributed by atoms with Crippen molar-refractivity contribution in [1.29, 1.82) is 0 Å². The predicted molar refractivity (Wildman–Crippen MR) is 78.5 cm³/mol. The first-order chi connectivity index (χ1) is 10.7. The summed E-state index contributed by atoms with van der Waals surface area (Å²) in [5, 5.41) is 10.00. The predicted octanol–water partition coefficient (Wildman–Crippen LogP) is 1.05. The van der Waals surface area contributed by atoms with Crippen LogP contribution in [0.4, 0.5) is 0 Å². The molecule has 1 saturated heterocycles. The van der Waals surface area contributed by atoms with E-state index in [1.807, 2.05) is 12.1 Å². The highest BCUT2D eigenvalue weighted by molar-refractivity contribution is 5.97. The maximum atomic E-state index is 12.4. The molecule has 22 heavy (non-hydrogen) atoms. The second-order valence-electron chi connectivity index (χ2n) is 5.18. The first-order valence-corrected chi connectivity index (χ1v) is 7.25. The van der Waals surface area contributed by atoms with Crippen LogP contribution in [0.25, 0.3) is 0 Å². The molecule has 7 nitrogen and oxygen atoms in total. The zero-order chi connectivity index (χ0) is 15.4. The fourth-order valence-electron chi connectivity index (χ4n) is 2.36. The number of nitrogens with one attached hydrogen (secondary N) is 2. The molecule has 1 fully saturated rings. The Morgan fingerprint density at radius 1 is 1.50 bits per heavy atom. The van der Waals surface area contributed by atoms with Crippen molar-refractivity contribution in [2.45, 2.75) is 26.0 Å². The molecule has 0 spiro atoms. The molecule has 1 aromatic heterocycles. The molecule has 1 amide bonds. The molecule has 1 aliphatic heterocycles. The molecule has 0 bridgehead atoms. The van der Waals surface area contributed by atoms with Crippen molar-refractivity contribution in [3.8, 4) is 5.75 Å². The lowest BCUT2D eigenvalue weighted by Crippen LogP contribution is -2.36. The summed E-state index contributed by atoms with van der Waals surface area (Å²) in [5.41, 5.74) is 0.509. The first-order valence-electron chi connectivity index (χ1n) is 7.25. The van der Waals surface area contributed by atoms with Gasteiger partial charge >= 0.3 is 0 Å². The van der Waals surface area contributed by atoms with Crippen LogP contribution in [-0.2, 0) is 6.61 Å². The lowest BCUT2D eigenvalue weighted by atomic mass is 10.1. The zero-order valence-corrected chi connectivity index (χ0v) is 12.3. The number of nitrogens with zero attached hydrogens (tertiary/aromatic N) is 2. The highest BCUT2D eigenvalue weighted by Crippen LogP contribution is 2.19. The van der Waals surface area contributed by atoms with E-state index in [0.29, 0.717) is 23.0 Å². The van der Waals surface area contributed by atoms with E-state index in [-0.39, 0.29) is 18.6 Å². The number of ether oxygens (including phenoxy) is 1. The number of amides is 1. The van der Waals surface area contributed by atoms with E-state index in [4.69, 9.17) is 9.26 Å². The Balaban J connectivity index is 1.67. The monoisotopic (exact) mass is 302 g/mol. The van der Waals surface area contributed by atoms with Gasteiger partial charge in [-0.25, -0.2) is 0 Å². The van der Waals surface area contributed by atoms with Crippen molar-refractivity contribution in [2.75, 3.05) is 13.1 Å². The lowest BCUT2D eigenvalue weighted by molar-refractivity contribution is 0.0935. The number of aryl methyl sites for hydroxylation is 1. The average Bonchev–Trinajstić information content (AvgIpc) is 3.17. The van der Waals surface area contributed by atoms with E-state index < -0.39 is 0 Å². The van der Waals surface area contributed by atoms with Gasteiger partial charge < -0.3 is 19.9 Å². The van der Waals surface area contributed by atoms with Crippen LogP contribution in [0.5, 0.6) is 5.75 Å². The van der Waals surface area contributed by atoms with Crippen molar-refractivity contribution >= 4 is 5.91 Å². The van der Waals surface area contributed by atoms with Crippen molar-refractivity contribution in [2.24, 2.45) is 0 Å². The van der Waals surface area contributed by atoms with E-state index in [0.717, 1.165) is 19.5 Å². The third-order valence-electron chi connectivity index (χ3n) is 3.45. The highest BCUT2D eigenvalue weighted by Gasteiger charge is 2.19. The molecule has 0 saturated carbocycles. The zero-order valence-electron chi connectivity index (χ0n) is 12.3. The minimum absolute atomic E-state index is 0.131. The number of hydrogen-bond acceptors (Lipinski definition) is 6. The van der Waals surface area contributed by atoms with E-state index in [2.05, 4.69) is 20.8 Å². The molecule has 2 aromatic rings. The molecule has 116 valence electrons. The number of carbonyl (C=O) groups excluding carboxylic acids is 1. The fourth-order valence-corrected chi connectivity index (χ4v) is 2.36. The number of carbonyl (C=O) groups is 1. The van der Waals surface area contributed by atoms with Crippen molar-refractivity contribution < 1.29 is 14.1 Å². The Hall–Kier alpha value is -2.41. The molecule has 3 rings (SSSR count). The molecule has 2 N–H and O–H groups in total. The topological polar surface area (TPSA) is 89.3 Å². The van der Waals surface area contributed by atoms with Gasteiger partial charge in [0.05, 0.1) is 5.56 Å². The van der Waals surface area contributed by atoms with Gasteiger partial charge in [-0.05, 0) is 25.1 Å². The number of hydrogen-bond donors (Lipinski definition) is 2. The second kappa shape index (κ2) is 6.57. The van der Waals surface area contributed by atoms with Gasteiger partial charge in [-0.1, -0.05) is 17.3 Å². The third-order valence-corrected chi connectivity index (χ3v) is 3.45. The number of benzene rings is 1.